The number of urea groups is 1. The molecule has 390 valence electrons. The van der Waals surface area contributed by atoms with E-state index in [0.29, 0.717) is 58.2 Å². The van der Waals surface area contributed by atoms with Crippen LogP contribution in [0.4, 0.5) is 4.79 Å². The highest BCUT2D eigenvalue weighted by molar-refractivity contribution is 5.89. The summed E-state index contributed by atoms with van der Waals surface area (Å²) < 4.78 is 4.91. The third-order valence-corrected chi connectivity index (χ3v) is 12.0. The molecule has 10 N–H and O–H groups in total. The highest BCUT2D eigenvalue weighted by Crippen LogP contribution is 2.29. The Morgan fingerprint density at radius 3 is 1.63 bits per heavy atom. The third-order valence-electron chi connectivity index (χ3n) is 12.0. The number of carbonyl (C=O) groups excluding carboxylic acids is 5. The van der Waals surface area contributed by atoms with Crippen LogP contribution in [0, 0.1) is 11.8 Å². The van der Waals surface area contributed by atoms with Crippen LogP contribution in [0.2, 0.25) is 0 Å². The Kier molecular flexibility index (Phi) is 26.2. The van der Waals surface area contributed by atoms with Crippen molar-refractivity contribution in [1.82, 2.24) is 46.2 Å². The van der Waals surface area contributed by atoms with Crippen molar-refractivity contribution in [3.8, 4) is 0 Å². The number of nitrogens with one attached hydrogen (secondary N) is 5. The summed E-state index contributed by atoms with van der Waals surface area (Å²) in [4.78, 5) is 128. The molecule has 25 nitrogen and oxygen atoms in total. The Morgan fingerprint density at radius 2 is 1.14 bits per heavy atom. The average Bonchev–Trinajstić information content (AvgIpc) is 3.29. The number of hydrogen-bond donors (Lipinski definition) is 10. The van der Waals surface area contributed by atoms with E-state index in [1.165, 1.54) is 0 Å². The van der Waals surface area contributed by atoms with Crippen LogP contribution < -0.4 is 26.6 Å². The number of benzene rings is 1. The van der Waals surface area contributed by atoms with E-state index in [4.69, 9.17) is 9.84 Å². The SMILES string of the molecule is O=CO[C@H](CCCCNC(=O)[C@H](Cc1ccccc1)NC(=O)C1CCC(CNC(=O)CN2CCN(CC(=O)O)CCN(CC(=O)O)CCN(CC(=O)O)CC2)CC1)NC(=O)N[C@@H](CCC(=O)O)C(=O)O. The van der Waals surface area contributed by atoms with Gasteiger partial charge in [0.1, 0.15) is 12.1 Å². The summed E-state index contributed by atoms with van der Waals surface area (Å²) in [5, 5.41) is 59.8. The molecule has 0 unspecified atom stereocenters. The zero-order valence-corrected chi connectivity index (χ0v) is 39.3. The number of carboxylic acid groups (broad SMARTS) is 5. The fourth-order valence-corrected chi connectivity index (χ4v) is 8.18. The molecule has 2 fully saturated rings. The molecule has 0 aromatic heterocycles. The van der Waals surface area contributed by atoms with E-state index in [-0.39, 0.29) is 121 Å². The molecule has 3 atom stereocenters. The van der Waals surface area contributed by atoms with Crippen LogP contribution in [0.15, 0.2) is 30.3 Å². The van der Waals surface area contributed by atoms with Gasteiger partial charge in [-0.15, -0.1) is 0 Å². The number of unbranched alkanes of at least 4 members (excludes halogenated alkanes) is 1. The van der Waals surface area contributed by atoms with Crippen LogP contribution in [0.3, 0.4) is 0 Å². The fourth-order valence-electron chi connectivity index (χ4n) is 8.18. The molecular formula is C45H69N9O16. The predicted molar refractivity (Wildman–Crippen MR) is 247 cm³/mol. The van der Waals surface area contributed by atoms with Gasteiger partial charge in [0, 0.05) is 90.6 Å². The van der Waals surface area contributed by atoms with Gasteiger partial charge in [0.2, 0.25) is 17.7 Å². The molecule has 5 amide bonds. The molecule has 70 heavy (non-hydrogen) atoms. The minimum Gasteiger partial charge on any atom is -0.481 e. The molecule has 1 aromatic carbocycles. The number of nitrogens with zero attached hydrogens (tertiary/aromatic N) is 4. The summed E-state index contributed by atoms with van der Waals surface area (Å²) >= 11 is 0. The topological polar surface area (TPSA) is 354 Å². The second kappa shape index (κ2) is 31.6. The zero-order valence-electron chi connectivity index (χ0n) is 39.3. The van der Waals surface area contributed by atoms with Crippen LogP contribution in [-0.2, 0) is 54.3 Å². The molecule has 0 spiro atoms. The van der Waals surface area contributed by atoms with Gasteiger partial charge in [0.15, 0.2) is 6.23 Å². The van der Waals surface area contributed by atoms with Gasteiger partial charge >= 0.3 is 35.9 Å². The quantitative estimate of drug-likeness (QED) is 0.0260. The second-order valence-electron chi connectivity index (χ2n) is 17.5. The van der Waals surface area contributed by atoms with E-state index >= 15 is 0 Å². The molecule has 0 bridgehead atoms. The number of ether oxygens (including phenoxy) is 1. The second-order valence-corrected chi connectivity index (χ2v) is 17.5. The van der Waals surface area contributed by atoms with Crippen LogP contribution in [0.25, 0.3) is 0 Å². The van der Waals surface area contributed by atoms with Crippen molar-refractivity contribution in [3.05, 3.63) is 35.9 Å². The lowest BCUT2D eigenvalue weighted by Gasteiger charge is -2.33. The number of hydrogen-bond acceptors (Lipinski definition) is 15. The number of rotatable bonds is 28. The highest BCUT2D eigenvalue weighted by atomic mass is 16.5. The zero-order chi connectivity index (χ0) is 51.4. The summed E-state index contributed by atoms with van der Waals surface area (Å²) in [6.07, 6.45) is 1.37. The minimum absolute atomic E-state index is 0.0179. The molecule has 1 aromatic rings. The Morgan fingerprint density at radius 1 is 0.614 bits per heavy atom. The maximum atomic E-state index is 13.6. The molecule has 0 radical (unpaired) electrons. The van der Waals surface area contributed by atoms with Crippen LogP contribution in [0.5, 0.6) is 0 Å². The molecule has 1 aliphatic heterocycles. The van der Waals surface area contributed by atoms with Crippen LogP contribution >= 0.6 is 0 Å². The molecule has 1 aliphatic carbocycles. The van der Waals surface area contributed by atoms with Gasteiger partial charge in [0.05, 0.1) is 26.2 Å². The monoisotopic (exact) mass is 991 g/mol. The largest absolute Gasteiger partial charge is 0.481 e. The smallest absolute Gasteiger partial charge is 0.326 e. The molecular weight excluding hydrogens is 923 g/mol. The van der Waals surface area contributed by atoms with Gasteiger partial charge in [0.25, 0.3) is 6.47 Å². The van der Waals surface area contributed by atoms with E-state index in [9.17, 15) is 68.4 Å². The molecule has 1 saturated carbocycles. The molecule has 1 heterocycles. The summed E-state index contributed by atoms with van der Waals surface area (Å²) in [5.74, 6) is -7.07. The van der Waals surface area contributed by atoms with Gasteiger partial charge in [-0.3, -0.25) is 58.0 Å². The lowest BCUT2D eigenvalue weighted by atomic mass is 9.81. The van der Waals surface area contributed by atoms with Crippen molar-refractivity contribution >= 4 is 60.1 Å². The maximum Gasteiger partial charge on any atom is 0.326 e. The summed E-state index contributed by atoms with van der Waals surface area (Å²) in [7, 11) is 0. The average molecular weight is 992 g/mol. The molecule has 3 rings (SSSR count). The highest BCUT2D eigenvalue weighted by Gasteiger charge is 2.31. The predicted octanol–water partition coefficient (Wildman–Crippen LogP) is -1.49. The van der Waals surface area contributed by atoms with Crippen molar-refractivity contribution < 1.29 is 78.2 Å². The van der Waals surface area contributed by atoms with Gasteiger partial charge in [-0.2, -0.15) is 0 Å². The normalized spacial score (nSPS) is 19.0. The first-order chi connectivity index (χ1) is 33.4. The van der Waals surface area contributed by atoms with E-state index in [0.717, 1.165) is 5.56 Å². The summed E-state index contributed by atoms with van der Waals surface area (Å²) in [6, 6.07) is 5.78. The van der Waals surface area contributed by atoms with Gasteiger partial charge in [-0.25, -0.2) is 9.59 Å². The number of amides is 5. The van der Waals surface area contributed by atoms with E-state index in [1.54, 1.807) is 14.7 Å². The van der Waals surface area contributed by atoms with E-state index in [1.807, 2.05) is 35.2 Å². The Hall–Kier alpha value is -6.44. The molecule has 1 saturated heterocycles. The standard InChI is InChI=1S/C45H69N9O16/c55-30-70-37(50-45(69)49-34(44(67)68)13-14-38(57)58)8-4-5-15-46-43(66)35(24-31-6-2-1-3-7-31)48-42(65)33-11-9-32(10-12-33)25-47-36(56)26-51-16-18-52(27-39(59)60)20-22-54(29-41(63)64)23-21-53(19-17-51)28-40(61)62/h1-3,6-7,30,32-35,37H,4-5,8-29H2,(H,46,66)(H,47,56)(H,48,65)(H,57,58)(H,59,60)(H,61,62)(H,63,64)(H,67,68)(H2,49,50,69)/t32?,33?,34-,35-,37+/m0/s1. The van der Waals surface area contributed by atoms with E-state index in [2.05, 4.69) is 26.6 Å². The minimum atomic E-state index is -1.49. The third kappa shape index (κ3) is 24.2. The van der Waals surface area contributed by atoms with Crippen LogP contribution in [-0.4, -0.2) is 215 Å². The fraction of sp³-hybridized carbons (Fsp3) is 0.644. The lowest BCUT2D eigenvalue weighted by Crippen LogP contribution is -2.50. The number of aliphatic carboxylic acids is 5. The van der Waals surface area contributed by atoms with Crippen molar-refractivity contribution in [3.63, 3.8) is 0 Å². The molecule has 2 aliphatic rings. The lowest BCUT2D eigenvalue weighted by molar-refractivity contribution is -0.141. The van der Waals surface area contributed by atoms with Crippen molar-refractivity contribution in [2.24, 2.45) is 11.8 Å². The van der Waals surface area contributed by atoms with Crippen molar-refractivity contribution in [1.29, 1.82) is 0 Å². The first kappa shape index (κ1) is 57.9. The number of carboxylic acids is 5. The molecule has 25 heteroatoms. The Balaban J connectivity index is 1.50. The Bertz CT molecular complexity index is 1860. The van der Waals surface area contributed by atoms with Crippen molar-refractivity contribution in [2.45, 2.75) is 82.5 Å². The first-order valence-corrected chi connectivity index (χ1v) is 23.4. The summed E-state index contributed by atoms with van der Waals surface area (Å²) in [5.41, 5.74) is 0.820. The maximum absolute atomic E-state index is 13.6. The van der Waals surface area contributed by atoms with Crippen LogP contribution in [0.1, 0.15) is 63.4 Å². The van der Waals surface area contributed by atoms with Crippen molar-refractivity contribution in [2.75, 3.05) is 91.6 Å². The van der Waals surface area contributed by atoms with Gasteiger partial charge in [-0.1, -0.05) is 30.3 Å². The van der Waals surface area contributed by atoms with Gasteiger partial charge in [-0.05, 0) is 56.4 Å². The van der Waals surface area contributed by atoms with E-state index < -0.39 is 66.5 Å². The summed E-state index contributed by atoms with van der Waals surface area (Å²) in [6.45, 7) is 2.01. The first-order valence-electron chi connectivity index (χ1n) is 23.4. The number of carbonyl (C=O) groups is 10. The van der Waals surface area contributed by atoms with Gasteiger partial charge < -0.3 is 56.9 Å². The Labute approximate surface area is 405 Å².